The minimum atomic E-state index is -0.515. The lowest BCUT2D eigenvalue weighted by atomic mass is 10.00. The first-order valence-corrected chi connectivity index (χ1v) is 11.8. The zero-order valence-corrected chi connectivity index (χ0v) is 20.0. The molecule has 0 radical (unpaired) electrons. The molecule has 2 aromatic carbocycles. The highest BCUT2D eigenvalue weighted by Crippen LogP contribution is 2.33. The maximum atomic E-state index is 13.2. The van der Waals surface area contributed by atoms with Gasteiger partial charge in [0.15, 0.2) is 0 Å². The van der Waals surface area contributed by atoms with Crippen LogP contribution in [0.2, 0.25) is 0 Å². The number of carbonyl (C=O) groups is 2. The molecular formula is C27H32N4O3. The summed E-state index contributed by atoms with van der Waals surface area (Å²) in [5.41, 5.74) is 4.33. The Morgan fingerprint density at radius 2 is 1.76 bits per heavy atom. The molecule has 4 rings (SSSR count). The third-order valence-electron chi connectivity index (χ3n) is 6.48. The average Bonchev–Trinajstić information content (AvgIpc) is 3.54. The van der Waals surface area contributed by atoms with Crippen LogP contribution in [-0.4, -0.2) is 46.6 Å². The molecule has 1 saturated heterocycles. The van der Waals surface area contributed by atoms with Gasteiger partial charge in [-0.15, -0.1) is 0 Å². The van der Waals surface area contributed by atoms with E-state index in [2.05, 4.69) is 51.7 Å². The predicted molar refractivity (Wildman–Crippen MR) is 132 cm³/mol. The van der Waals surface area contributed by atoms with Gasteiger partial charge in [0.05, 0.1) is 25.0 Å². The summed E-state index contributed by atoms with van der Waals surface area (Å²) in [7, 11) is 1.33. The predicted octanol–water partition coefficient (Wildman–Crippen LogP) is 5.18. The fourth-order valence-electron chi connectivity index (χ4n) is 4.44. The van der Waals surface area contributed by atoms with Crippen molar-refractivity contribution in [2.45, 2.75) is 45.2 Å². The fourth-order valence-corrected chi connectivity index (χ4v) is 4.44. The monoisotopic (exact) mass is 460 g/mol. The molecule has 0 saturated carbocycles. The number of nitrogens with zero attached hydrogens (tertiary/aromatic N) is 2. The van der Waals surface area contributed by atoms with Crippen molar-refractivity contribution in [1.82, 2.24) is 20.2 Å². The third kappa shape index (κ3) is 5.30. The van der Waals surface area contributed by atoms with Gasteiger partial charge >= 0.3 is 6.09 Å². The van der Waals surface area contributed by atoms with E-state index in [-0.39, 0.29) is 30.3 Å². The number of amides is 2. The topological polar surface area (TPSA) is 87.3 Å². The lowest BCUT2D eigenvalue weighted by molar-refractivity contribution is -0.133. The Hall–Kier alpha value is -3.61. The lowest BCUT2D eigenvalue weighted by Crippen LogP contribution is -2.43. The Kier molecular flexibility index (Phi) is 7.30. The first kappa shape index (κ1) is 23.5. The molecule has 1 fully saturated rings. The van der Waals surface area contributed by atoms with Crippen LogP contribution in [0, 0.1) is 5.92 Å². The molecule has 0 aliphatic carbocycles. The number of benzene rings is 2. The van der Waals surface area contributed by atoms with Crippen LogP contribution in [-0.2, 0) is 9.53 Å². The molecule has 2 amide bonds. The van der Waals surface area contributed by atoms with Crippen LogP contribution in [0.25, 0.3) is 22.4 Å². The molecule has 2 heterocycles. The van der Waals surface area contributed by atoms with Crippen molar-refractivity contribution in [2.24, 2.45) is 5.92 Å². The van der Waals surface area contributed by atoms with Gasteiger partial charge in [-0.2, -0.15) is 0 Å². The second kappa shape index (κ2) is 10.5. The second-order valence-corrected chi connectivity index (χ2v) is 9.06. The number of imidazole rings is 1. The zero-order valence-electron chi connectivity index (χ0n) is 20.0. The number of carbonyl (C=O) groups excluding carboxylic acids is 2. The van der Waals surface area contributed by atoms with E-state index in [0.717, 1.165) is 35.5 Å². The van der Waals surface area contributed by atoms with Gasteiger partial charge in [0.1, 0.15) is 5.82 Å². The molecule has 3 aromatic rings. The number of rotatable bonds is 7. The summed E-state index contributed by atoms with van der Waals surface area (Å²) < 4.78 is 4.72. The van der Waals surface area contributed by atoms with Gasteiger partial charge in [0.25, 0.3) is 0 Å². The number of H-pyrrole nitrogens is 1. The van der Waals surface area contributed by atoms with E-state index >= 15 is 0 Å². The lowest BCUT2D eigenvalue weighted by Gasteiger charge is -2.27. The van der Waals surface area contributed by atoms with Crippen LogP contribution < -0.4 is 5.32 Å². The first-order chi connectivity index (χ1) is 16.5. The van der Waals surface area contributed by atoms with Crippen LogP contribution in [0.1, 0.15) is 45.0 Å². The Morgan fingerprint density at radius 3 is 2.44 bits per heavy atom. The molecule has 7 nitrogen and oxygen atoms in total. The summed E-state index contributed by atoms with van der Waals surface area (Å²) in [6.07, 6.45) is 3.34. The van der Waals surface area contributed by atoms with Gasteiger partial charge in [0, 0.05) is 19.0 Å². The van der Waals surface area contributed by atoms with Gasteiger partial charge in [-0.1, -0.05) is 68.4 Å². The molecule has 7 heteroatoms. The average molecular weight is 461 g/mol. The van der Waals surface area contributed by atoms with E-state index in [1.807, 2.05) is 43.1 Å². The van der Waals surface area contributed by atoms with Crippen LogP contribution in [0.3, 0.4) is 0 Å². The maximum absolute atomic E-state index is 13.2. The normalized spacial score (nSPS) is 16.5. The minimum absolute atomic E-state index is 0.0165. The largest absolute Gasteiger partial charge is 0.453 e. The molecule has 1 aliphatic rings. The van der Waals surface area contributed by atoms with Gasteiger partial charge in [-0.3, -0.25) is 4.79 Å². The fraction of sp³-hybridized carbons (Fsp3) is 0.370. The molecular weight excluding hydrogens is 428 g/mol. The molecule has 0 bridgehead atoms. The molecule has 34 heavy (non-hydrogen) atoms. The summed E-state index contributed by atoms with van der Waals surface area (Å²) in [5.74, 6) is 0.927. The van der Waals surface area contributed by atoms with E-state index in [0.29, 0.717) is 6.54 Å². The first-order valence-electron chi connectivity index (χ1n) is 11.8. The Bertz CT molecular complexity index is 1110. The Morgan fingerprint density at radius 1 is 1.09 bits per heavy atom. The Labute approximate surface area is 200 Å². The Balaban J connectivity index is 1.46. The standard InChI is InChI=1S/C27H32N4O3/c1-18(2)22(30-27(33)34-3)16-25(32)31-15-7-10-24(31)26-28-17-23(29-26)21-13-11-20(12-14-21)19-8-5-4-6-9-19/h4-6,8-9,11-14,17-18,22,24H,7,10,15-16H2,1-3H3,(H,28,29)(H,30,33)/t22-,24+/m1/s1. The maximum Gasteiger partial charge on any atom is 0.407 e. The number of hydrogen-bond donors (Lipinski definition) is 2. The molecule has 0 unspecified atom stereocenters. The smallest absolute Gasteiger partial charge is 0.407 e. The number of aromatic nitrogens is 2. The zero-order chi connectivity index (χ0) is 24.1. The van der Waals surface area contributed by atoms with E-state index in [9.17, 15) is 9.59 Å². The van der Waals surface area contributed by atoms with Crippen molar-refractivity contribution in [3.63, 3.8) is 0 Å². The van der Waals surface area contributed by atoms with Crippen molar-refractivity contribution < 1.29 is 14.3 Å². The van der Waals surface area contributed by atoms with Crippen LogP contribution in [0.4, 0.5) is 4.79 Å². The highest BCUT2D eigenvalue weighted by Gasteiger charge is 2.33. The van der Waals surface area contributed by atoms with Gasteiger partial charge in [-0.25, -0.2) is 9.78 Å². The second-order valence-electron chi connectivity index (χ2n) is 9.06. The summed E-state index contributed by atoms with van der Waals surface area (Å²) in [6, 6.07) is 18.3. The number of alkyl carbamates (subject to hydrolysis) is 1. The van der Waals surface area contributed by atoms with Crippen molar-refractivity contribution in [1.29, 1.82) is 0 Å². The summed E-state index contributed by atoms with van der Waals surface area (Å²) >= 11 is 0. The van der Waals surface area contributed by atoms with Crippen molar-refractivity contribution >= 4 is 12.0 Å². The number of ether oxygens (including phenoxy) is 1. The number of methoxy groups -OCH3 is 1. The number of nitrogens with one attached hydrogen (secondary N) is 2. The van der Waals surface area contributed by atoms with Gasteiger partial charge < -0.3 is 19.9 Å². The SMILES string of the molecule is COC(=O)N[C@H](CC(=O)N1CCC[C@H]1c1ncc(-c2ccc(-c3ccccc3)cc2)[nH]1)C(C)C. The molecule has 1 aliphatic heterocycles. The highest BCUT2D eigenvalue weighted by molar-refractivity contribution is 5.78. The molecule has 1 aromatic heterocycles. The number of likely N-dealkylation sites (tertiary alicyclic amines) is 1. The quantitative estimate of drug-likeness (QED) is 0.509. The van der Waals surface area contributed by atoms with Crippen molar-refractivity contribution in [3.05, 3.63) is 66.6 Å². The molecule has 178 valence electrons. The van der Waals surface area contributed by atoms with E-state index < -0.39 is 6.09 Å². The minimum Gasteiger partial charge on any atom is -0.453 e. The van der Waals surface area contributed by atoms with E-state index in [4.69, 9.17) is 4.74 Å². The molecule has 2 N–H and O–H groups in total. The van der Waals surface area contributed by atoms with Gasteiger partial charge in [-0.05, 0) is 35.4 Å². The summed E-state index contributed by atoms with van der Waals surface area (Å²) in [6.45, 7) is 4.66. The highest BCUT2D eigenvalue weighted by atomic mass is 16.5. The van der Waals surface area contributed by atoms with Crippen LogP contribution in [0.15, 0.2) is 60.8 Å². The van der Waals surface area contributed by atoms with Crippen LogP contribution in [0.5, 0.6) is 0 Å². The van der Waals surface area contributed by atoms with E-state index in [1.54, 1.807) is 0 Å². The van der Waals surface area contributed by atoms with Gasteiger partial charge in [0.2, 0.25) is 5.91 Å². The number of aromatic amines is 1. The third-order valence-corrected chi connectivity index (χ3v) is 6.48. The van der Waals surface area contributed by atoms with E-state index in [1.165, 1.54) is 12.7 Å². The van der Waals surface area contributed by atoms with Crippen molar-refractivity contribution in [3.8, 4) is 22.4 Å². The summed E-state index contributed by atoms with van der Waals surface area (Å²) in [5, 5.41) is 2.78. The van der Waals surface area contributed by atoms with Crippen LogP contribution >= 0.6 is 0 Å². The molecule has 2 atom stereocenters. The molecule has 0 spiro atoms. The van der Waals surface area contributed by atoms with Crippen molar-refractivity contribution in [2.75, 3.05) is 13.7 Å². The summed E-state index contributed by atoms with van der Waals surface area (Å²) in [4.78, 5) is 34.8. The number of hydrogen-bond acceptors (Lipinski definition) is 4.